The lowest BCUT2D eigenvalue weighted by molar-refractivity contribution is 0.142. The molecule has 0 unspecified atom stereocenters. The Morgan fingerprint density at radius 3 is 2.32 bits per heavy atom. The topological polar surface area (TPSA) is 15.3 Å². The van der Waals surface area contributed by atoms with E-state index in [0.717, 1.165) is 19.6 Å². The molecular weight excluding hydrogens is 232 g/mol. The van der Waals surface area contributed by atoms with Crippen LogP contribution in [-0.4, -0.2) is 24.0 Å². The van der Waals surface area contributed by atoms with Crippen LogP contribution in [0, 0.1) is 0 Å². The Bertz CT molecular complexity index is 371. The monoisotopic (exact) mass is 262 g/mol. The summed E-state index contributed by atoms with van der Waals surface area (Å²) < 4.78 is 0. The quantitative estimate of drug-likeness (QED) is 0.717. The van der Waals surface area contributed by atoms with Gasteiger partial charge in [0.15, 0.2) is 0 Å². The predicted octanol–water partition coefficient (Wildman–Crippen LogP) is 3.81. The highest BCUT2D eigenvalue weighted by atomic mass is 15.2. The first-order valence-electron chi connectivity index (χ1n) is 7.50. The van der Waals surface area contributed by atoms with Crippen molar-refractivity contribution < 1.29 is 0 Å². The molecule has 1 rings (SSSR count). The maximum absolute atomic E-state index is 3.50. The van der Waals surface area contributed by atoms with Crippen molar-refractivity contribution in [1.82, 2.24) is 10.2 Å². The number of nitrogens with zero attached hydrogens (tertiary/aromatic N) is 1. The molecule has 108 valence electrons. The molecule has 0 aliphatic heterocycles. The summed E-state index contributed by atoms with van der Waals surface area (Å²) in [6, 6.07) is 8.78. The molecule has 0 radical (unpaired) electrons. The van der Waals surface area contributed by atoms with Crippen LogP contribution in [0.1, 0.15) is 51.7 Å². The molecule has 0 saturated carbocycles. The summed E-state index contributed by atoms with van der Waals surface area (Å²) in [5.41, 5.74) is 3.12. The molecule has 1 aromatic rings. The first kappa shape index (κ1) is 16.2. The van der Waals surface area contributed by atoms with Gasteiger partial charge in [0.2, 0.25) is 0 Å². The van der Waals surface area contributed by atoms with E-state index in [-0.39, 0.29) is 5.54 Å². The van der Waals surface area contributed by atoms with Crippen LogP contribution in [0.2, 0.25) is 0 Å². The average Bonchev–Trinajstić information content (AvgIpc) is 2.41. The minimum atomic E-state index is 0.254. The van der Waals surface area contributed by atoms with Gasteiger partial charge < -0.3 is 5.32 Å². The predicted molar refractivity (Wildman–Crippen MR) is 84.3 cm³/mol. The molecule has 2 nitrogen and oxygen atoms in total. The highest BCUT2D eigenvalue weighted by Crippen LogP contribution is 2.20. The van der Waals surface area contributed by atoms with E-state index in [1.807, 2.05) is 0 Å². The van der Waals surface area contributed by atoms with Crippen molar-refractivity contribution >= 4 is 0 Å². The fourth-order valence-electron chi connectivity index (χ4n) is 2.02. The van der Waals surface area contributed by atoms with E-state index in [2.05, 4.69) is 69.2 Å². The SMILES string of the molecule is CCCNCc1ccccc1CN(C)C(C)(C)CC. The van der Waals surface area contributed by atoms with Crippen LogP contribution in [0.3, 0.4) is 0 Å². The number of nitrogens with one attached hydrogen (secondary N) is 1. The molecule has 0 aliphatic carbocycles. The smallest absolute Gasteiger partial charge is 0.0239 e. The number of hydrogen-bond donors (Lipinski definition) is 1. The lowest BCUT2D eigenvalue weighted by Crippen LogP contribution is -2.40. The van der Waals surface area contributed by atoms with E-state index in [1.165, 1.54) is 24.0 Å². The van der Waals surface area contributed by atoms with Gasteiger partial charge in [0.05, 0.1) is 0 Å². The minimum Gasteiger partial charge on any atom is -0.313 e. The van der Waals surface area contributed by atoms with Gasteiger partial charge in [-0.2, -0.15) is 0 Å². The van der Waals surface area contributed by atoms with Crippen LogP contribution >= 0.6 is 0 Å². The Morgan fingerprint density at radius 2 is 1.74 bits per heavy atom. The van der Waals surface area contributed by atoms with E-state index in [0.29, 0.717) is 0 Å². The van der Waals surface area contributed by atoms with Crippen molar-refractivity contribution in [3.63, 3.8) is 0 Å². The van der Waals surface area contributed by atoms with E-state index >= 15 is 0 Å². The van der Waals surface area contributed by atoms with Gasteiger partial charge in [0, 0.05) is 18.6 Å². The van der Waals surface area contributed by atoms with Crippen molar-refractivity contribution in [3.05, 3.63) is 35.4 Å². The van der Waals surface area contributed by atoms with Gasteiger partial charge in [-0.25, -0.2) is 0 Å². The summed E-state index contributed by atoms with van der Waals surface area (Å²) in [5, 5.41) is 3.50. The van der Waals surface area contributed by atoms with Crippen LogP contribution in [0.5, 0.6) is 0 Å². The van der Waals surface area contributed by atoms with Crippen LogP contribution < -0.4 is 5.32 Å². The van der Waals surface area contributed by atoms with E-state index in [9.17, 15) is 0 Å². The van der Waals surface area contributed by atoms with Crippen molar-refractivity contribution in [2.24, 2.45) is 0 Å². The summed E-state index contributed by atoms with van der Waals surface area (Å²) in [6.45, 7) is 12.2. The van der Waals surface area contributed by atoms with Gasteiger partial charge in [0.1, 0.15) is 0 Å². The molecule has 0 bridgehead atoms. The molecule has 0 aliphatic rings. The highest BCUT2D eigenvalue weighted by Gasteiger charge is 2.21. The molecule has 0 amide bonds. The minimum absolute atomic E-state index is 0.254. The highest BCUT2D eigenvalue weighted by molar-refractivity contribution is 5.27. The van der Waals surface area contributed by atoms with Gasteiger partial charge in [0.25, 0.3) is 0 Å². The van der Waals surface area contributed by atoms with Gasteiger partial charge in [-0.15, -0.1) is 0 Å². The Labute approximate surface area is 119 Å². The summed E-state index contributed by atoms with van der Waals surface area (Å²) in [7, 11) is 2.22. The molecule has 1 N–H and O–H groups in total. The Morgan fingerprint density at radius 1 is 1.11 bits per heavy atom. The average molecular weight is 262 g/mol. The molecule has 0 atom stereocenters. The fourth-order valence-corrected chi connectivity index (χ4v) is 2.02. The van der Waals surface area contributed by atoms with Gasteiger partial charge in [-0.05, 0) is 51.4 Å². The molecule has 2 heteroatoms. The van der Waals surface area contributed by atoms with Gasteiger partial charge in [-0.1, -0.05) is 38.1 Å². The summed E-state index contributed by atoms with van der Waals surface area (Å²) in [6.07, 6.45) is 2.35. The van der Waals surface area contributed by atoms with Crippen molar-refractivity contribution in [3.8, 4) is 0 Å². The third-order valence-corrected chi connectivity index (χ3v) is 4.17. The van der Waals surface area contributed by atoms with Crippen molar-refractivity contribution in [1.29, 1.82) is 0 Å². The van der Waals surface area contributed by atoms with E-state index in [4.69, 9.17) is 0 Å². The maximum Gasteiger partial charge on any atom is 0.0239 e. The zero-order valence-electron chi connectivity index (χ0n) is 13.3. The van der Waals surface area contributed by atoms with E-state index < -0.39 is 0 Å². The molecule has 0 aromatic heterocycles. The molecular formula is C17H30N2. The first-order chi connectivity index (χ1) is 9.01. The molecule has 0 heterocycles. The lowest BCUT2D eigenvalue weighted by Gasteiger charge is -2.35. The summed E-state index contributed by atoms with van der Waals surface area (Å²) >= 11 is 0. The largest absolute Gasteiger partial charge is 0.313 e. The van der Waals surface area contributed by atoms with Crippen molar-refractivity contribution in [2.75, 3.05) is 13.6 Å². The Balaban J connectivity index is 2.72. The number of hydrogen-bond acceptors (Lipinski definition) is 2. The fraction of sp³-hybridized carbons (Fsp3) is 0.647. The summed E-state index contributed by atoms with van der Waals surface area (Å²) in [4.78, 5) is 2.45. The second-order valence-corrected chi connectivity index (χ2v) is 5.97. The van der Waals surface area contributed by atoms with Crippen LogP contribution in [0.15, 0.2) is 24.3 Å². The third-order valence-electron chi connectivity index (χ3n) is 4.17. The molecule has 19 heavy (non-hydrogen) atoms. The molecule has 0 saturated heterocycles. The van der Waals surface area contributed by atoms with Crippen LogP contribution in [-0.2, 0) is 13.1 Å². The van der Waals surface area contributed by atoms with Gasteiger partial charge >= 0.3 is 0 Å². The number of benzene rings is 1. The van der Waals surface area contributed by atoms with Crippen molar-refractivity contribution in [2.45, 2.75) is 59.2 Å². The normalized spacial score (nSPS) is 12.1. The third kappa shape index (κ3) is 4.96. The van der Waals surface area contributed by atoms with Gasteiger partial charge in [-0.3, -0.25) is 4.90 Å². The Kier molecular flexibility index (Phi) is 6.53. The molecule has 0 fully saturated rings. The maximum atomic E-state index is 3.50. The zero-order chi connectivity index (χ0) is 14.3. The second kappa shape index (κ2) is 7.66. The van der Waals surface area contributed by atoms with Crippen LogP contribution in [0.25, 0.3) is 0 Å². The second-order valence-electron chi connectivity index (χ2n) is 5.97. The number of rotatable bonds is 8. The molecule has 0 spiro atoms. The van der Waals surface area contributed by atoms with E-state index in [1.54, 1.807) is 0 Å². The summed E-state index contributed by atoms with van der Waals surface area (Å²) in [5.74, 6) is 0. The first-order valence-corrected chi connectivity index (χ1v) is 7.50. The lowest BCUT2D eigenvalue weighted by atomic mass is 9.98. The Hall–Kier alpha value is -0.860. The molecule has 1 aromatic carbocycles. The standard InChI is InChI=1S/C17H30N2/c1-6-12-18-13-15-10-8-9-11-16(15)14-19(5)17(3,4)7-2/h8-11,18H,6-7,12-14H2,1-5H3. The van der Waals surface area contributed by atoms with Crippen LogP contribution in [0.4, 0.5) is 0 Å². The zero-order valence-corrected chi connectivity index (χ0v) is 13.3.